The minimum absolute atomic E-state index is 0.0939. The first kappa shape index (κ1) is 19.1. The molecular weight excluding hydrogens is 314 g/mol. The molecule has 3 fully saturated rings. The molecule has 0 aromatic heterocycles. The van der Waals surface area contributed by atoms with Gasteiger partial charge < -0.3 is 15.8 Å². The highest BCUT2D eigenvalue weighted by molar-refractivity contribution is 5.76. The zero-order valence-electron chi connectivity index (χ0n) is 16.2. The first-order valence-corrected chi connectivity index (χ1v) is 10.3. The van der Waals surface area contributed by atoms with Crippen molar-refractivity contribution in [3.8, 4) is 0 Å². The van der Waals surface area contributed by atoms with Crippen LogP contribution in [0.15, 0.2) is 0 Å². The molecule has 0 spiro atoms. The molecule has 3 aliphatic rings. The molecule has 2 aliphatic carbocycles. The molecule has 3 rings (SSSR count). The van der Waals surface area contributed by atoms with Crippen LogP contribution in [0.1, 0.15) is 71.6 Å². The Morgan fingerprint density at radius 3 is 2.60 bits per heavy atom. The number of nitrogens with two attached hydrogens (primary N) is 1. The highest BCUT2D eigenvalue weighted by Crippen LogP contribution is 2.36. The third-order valence-electron chi connectivity index (χ3n) is 6.66. The number of nitrogens with one attached hydrogen (secondary N) is 1. The van der Waals surface area contributed by atoms with E-state index in [-0.39, 0.29) is 23.1 Å². The van der Waals surface area contributed by atoms with Crippen molar-refractivity contribution in [3.05, 3.63) is 0 Å². The maximum absolute atomic E-state index is 12.5. The average molecular weight is 352 g/mol. The summed E-state index contributed by atoms with van der Waals surface area (Å²) < 4.78 is 5.91. The van der Waals surface area contributed by atoms with Crippen LogP contribution < -0.4 is 11.1 Å². The van der Waals surface area contributed by atoms with Gasteiger partial charge in [-0.1, -0.05) is 25.7 Å². The highest BCUT2D eigenvalue weighted by atomic mass is 16.5. The summed E-state index contributed by atoms with van der Waals surface area (Å²) in [6.07, 6.45) is 10.2. The van der Waals surface area contributed by atoms with Crippen LogP contribution >= 0.6 is 0 Å². The molecule has 2 saturated carbocycles. The molecular formula is C20H37N3O2. The minimum atomic E-state index is -0.0939. The van der Waals surface area contributed by atoms with Gasteiger partial charge in [0.1, 0.15) is 0 Å². The van der Waals surface area contributed by atoms with Gasteiger partial charge in [0, 0.05) is 37.6 Å². The van der Waals surface area contributed by atoms with Gasteiger partial charge in [-0.15, -0.1) is 0 Å². The molecule has 144 valence electrons. The molecule has 0 unspecified atom stereocenters. The van der Waals surface area contributed by atoms with E-state index in [0.29, 0.717) is 12.3 Å². The largest absolute Gasteiger partial charge is 0.373 e. The van der Waals surface area contributed by atoms with Crippen LogP contribution in [0.5, 0.6) is 0 Å². The molecule has 5 heteroatoms. The van der Waals surface area contributed by atoms with Crippen LogP contribution in [-0.4, -0.2) is 54.2 Å². The smallest absolute Gasteiger partial charge is 0.220 e. The predicted octanol–water partition coefficient (Wildman–Crippen LogP) is 2.43. The fourth-order valence-electron chi connectivity index (χ4n) is 5.13. The Morgan fingerprint density at radius 1 is 1.20 bits per heavy atom. The van der Waals surface area contributed by atoms with Crippen molar-refractivity contribution in [2.75, 3.05) is 26.2 Å². The maximum atomic E-state index is 12.5. The quantitative estimate of drug-likeness (QED) is 0.798. The van der Waals surface area contributed by atoms with Crippen LogP contribution in [0.2, 0.25) is 0 Å². The van der Waals surface area contributed by atoms with Crippen molar-refractivity contribution in [1.29, 1.82) is 0 Å². The lowest BCUT2D eigenvalue weighted by molar-refractivity contribution is -0.129. The van der Waals surface area contributed by atoms with E-state index in [1.165, 1.54) is 38.5 Å². The molecule has 0 radical (unpaired) electrons. The second-order valence-corrected chi connectivity index (χ2v) is 9.15. The Balaban J connectivity index is 1.59. The van der Waals surface area contributed by atoms with Gasteiger partial charge in [-0.2, -0.15) is 0 Å². The molecule has 25 heavy (non-hydrogen) atoms. The summed E-state index contributed by atoms with van der Waals surface area (Å²) >= 11 is 0. The molecule has 1 heterocycles. The molecule has 2 atom stereocenters. The number of ether oxygens (including phenoxy) is 1. The standard InChI is InChI=1S/C20H37N3O2/c1-19(2)15-23(11-12-25-19)20(9-4-3-5-10-20)14-22-18(24)13-16-7-6-8-17(16)21/h16-17H,3-15,21H2,1-2H3,(H,22,24)/t16-,17+/m0/s1. The van der Waals surface area contributed by atoms with Crippen molar-refractivity contribution >= 4 is 5.91 Å². The number of carbonyl (C=O) groups excluding carboxylic acids is 1. The normalized spacial score (nSPS) is 32.4. The van der Waals surface area contributed by atoms with Crippen molar-refractivity contribution < 1.29 is 9.53 Å². The van der Waals surface area contributed by atoms with Crippen LogP contribution in [0.4, 0.5) is 0 Å². The van der Waals surface area contributed by atoms with Gasteiger partial charge in [0.05, 0.1) is 12.2 Å². The van der Waals surface area contributed by atoms with Gasteiger partial charge in [-0.3, -0.25) is 9.69 Å². The Bertz CT molecular complexity index is 460. The summed E-state index contributed by atoms with van der Waals surface area (Å²) in [5, 5.41) is 3.29. The lowest BCUT2D eigenvalue weighted by Crippen LogP contribution is -2.63. The number of nitrogens with zero attached hydrogens (tertiary/aromatic N) is 1. The van der Waals surface area contributed by atoms with Crippen LogP contribution in [0.25, 0.3) is 0 Å². The van der Waals surface area contributed by atoms with E-state index < -0.39 is 0 Å². The van der Waals surface area contributed by atoms with E-state index in [1.54, 1.807) is 0 Å². The molecule has 0 bridgehead atoms. The van der Waals surface area contributed by atoms with E-state index in [0.717, 1.165) is 39.1 Å². The lowest BCUT2D eigenvalue weighted by Gasteiger charge is -2.51. The predicted molar refractivity (Wildman–Crippen MR) is 100 cm³/mol. The first-order chi connectivity index (χ1) is 11.9. The minimum Gasteiger partial charge on any atom is -0.373 e. The van der Waals surface area contributed by atoms with E-state index >= 15 is 0 Å². The monoisotopic (exact) mass is 351 g/mol. The van der Waals surface area contributed by atoms with E-state index in [4.69, 9.17) is 10.5 Å². The second-order valence-electron chi connectivity index (χ2n) is 9.15. The van der Waals surface area contributed by atoms with E-state index in [1.807, 2.05) is 0 Å². The highest BCUT2D eigenvalue weighted by Gasteiger charge is 2.42. The molecule has 5 nitrogen and oxygen atoms in total. The number of rotatable bonds is 5. The molecule has 0 aromatic rings. The molecule has 1 saturated heterocycles. The summed E-state index contributed by atoms with van der Waals surface area (Å²) in [5.41, 5.74) is 6.16. The summed E-state index contributed by atoms with van der Waals surface area (Å²) in [5.74, 6) is 0.574. The maximum Gasteiger partial charge on any atom is 0.220 e. The molecule has 1 aliphatic heterocycles. The van der Waals surface area contributed by atoms with Crippen molar-refractivity contribution in [3.63, 3.8) is 0 Å². The van der Waals surface area contributed by atoms with Gasteiger partial charge >= 0.3 is 0 Å². The summed E-state index contributed by atoms with van der Waals surface area (Å²) in [6.45, 7) is 7.86. The Hall–Kier alpha value is -0.650. The summed E-state index contributed by atoms with van der Waals surface area (Å²) in [4.78, 5) is 15.1. The van der Waals surface area contributed by atoms with Crippen molar-refractivity contribution in [2.24, 2.45) is 11.7 Å². The number of morpholine rings is 1. The average Bonchev–Trinajstić information content (AvgIpc) is 2.98. The number of hydrogen-bond donors (Lipinski definition) is 2. The van der Waals surface area contributed by atoms with Crippen LogP contribution in [0.3, 0.4) is 0 Å². The zero-order chi connectivity index (χ0) is 17.9. The Labute approximate surface area is 153 Å². The number of amides is 1. The van der Waals surface area contributed by atoms with Crippen LogP contribution in [-0.2, 0) is 9.53 Å². The van der Waals surface area contributed by atoms with E-state index in [9.17, 15) is 4.79 Å². The molecule has 0 aromatic carbocycles. The van der Waals surface area contributed by atoms with Crippen molar-refractivity contribution in [1.82, 2.24) is 10.2 Å². The first-order valence-electron chi connectivity index (χ1n) is 10.3. The SMILES string of the molecule is CC1(C)CN(C2(CNC(=O)C[C@@H]3CCC[C@H]3N)CCCCC2)CCO1. The number of hydrogen-bond acceptors (Lipinski definition) is 4. The summed E-state index contributed by atoms with van der Waals surface area (Å²) in [6, 6.07) is 0.217. The van der Waals surface area contributed by atoms with E-state index in [2.05, 4.69) is 24.1 Å². The lowest BCUT2D eigenvalue weighted by atomic mass is 9.79. The second kappa shape index (κ2) is 7.93. The fourth-order valence-corrected chi connectivity index (χ4v) is 5.13. The molecule has 1 amide bonds. The molecule has 3 N–H and O–H groups in total. The van der Waals surface area contributed by atoms with Gasteiger partial charge in [0.25, 0.3) is 0 Å². The van der Waals surface area contributed by atoms with Crippen molar-refractivity contribution in [2.45, 2.75) is 88.8 Å². The van der Waals surface area contributed by atoms with Gasteiger partial charge in [0.15, 0.2) is 0 Å². The Morgan fingerprint density at radius 2 is 1.96 bits per heavy atom. The van der Waals surface area contributed by atoms with Crippen LogP contribution in [0, 0.1) is 5.92 Å². The van der Waals surface area contributed by atoms with Gasteiger partial charge in [-0.25, -0.2) is 0 Å². The van der Waals surface area contributed by atoms with Gasteiger partial charge in [-0.05, 0) is 45.4 Å². The topological polar surface area (TPSA) is 67.6 Å². The summed E-state index contributed by atoms with van der Waals surface area (Å²) in [7, 11) is 0. The third-order valence-corrected chi connectivity index (χ3v) is 6.66. The van der Waals surface area contributed by atoms with Gasteiger partial charge in [0.2, 0.25) is 5.91 Å². The number of carbonyl (C=O) groups is 1. The Kier molecular flexibility index (Phi) is 6.07. The zero-order valence-corrected chi connectivity index (χ0v) is 16.2. The fraction of sp³-hybridized carbons (Fsp3) is 0.950. The third kappa shape index (κ3) is 4.75.